The van der Waals surface area contributed by atoms with Crippen LogP contribution in [-0.2, 0) is 4.74 Å². The van der Waals surface area contributed by atoms with Crippen molar-refractivity contribution in [1.29, 1.82) is 0 Å². The first-order valence-electron chi connectivity index (χ1n) is 7.93. The maximum atomic E-state index is 12.3. The molecule has 1 atom stereocenters. The van der Waals surface area contributed by atoms with Crippen molar-refractivity contribution in [3.8, 4) is 0 Å². The first-order valence-corrected chi connectivity index (χ1v) is 7.93. The highest BCUT2D eigenvalue weighted by molar-refractivity contribution is 6.05. The van der Waals surface area contributed by atoms with Gasteiger partial charge in [-0.15, -0.1) is 0 Å². The molecule has 0 aliphatic carbocycles. The fourth-order valence-electron chi connectivity index (χ4n) is 2.29. The zero-order valence-corrected chi connectivity index (χ0v) is 14.3. The van der Waals surface area contributed by atoms with Crippen LogP contribution in [0.3, 0.4) is 0 Å². The molecular formula is C19H22N2O4. The van der Waals surface area contributed by atoms with Crippen molar-refractivity contribution in [1.82, 2.24) is 5.32 Å². The number of methoxy groups -OCH3 is 1. The van der Waals surface area contributed by atoms with Gasteiger partial charge in [-0.2, -0.15) is 0 Å². The van der Waals surface area contributed by atoms with E-state index in [1.807, 2.05) is 13.0 Å². The lowest BCUT2D eigenvalue weighted by Crippen LogP contribution is -2.40. The topological polar surface area (TPSA) is 87.7 Å². The highest BCUT2D eigenvalue weighted by atomic mass is 16.5. The van der Waals surface area contributed by atoms with Crippen molar-refractivity contribution in [3.63, 3.8) is 0 Å². The molecule has 2 rings (SSSR count). The van der Waals surface area contributed by atoms with Crippen molar-refractivity contribution in [2.45, 2.75) is 13.0 Å². The summed E-state index contributed by atoms with van der Waals surface area (Å²) in [6.07, 6.45) is 0. The van der Waals surface area contributed by atoms with E-state index in [9.17, 15) is 14.7 Å². The minimum absolute atomic E-state index is 0.214. The summed E-state index contributed by atoms with van der Waals surface area (Å²) in [5.74, 6) is -0.583. The number of benzene rings is 2. The molecule has 0 aromatic heterocycles. The monoisotopic (exact) mass is 342 g/mol. The Kier molecular flexibility index (Phi) is 6.68. The number of hydrogen-bond acceptors (Lipinski definition) is 4. The molecule has 6 nitrogen and oxygen atoms in total. The van der Waals surface area contributed by atoms with E-state index in [2.05, 4.69) is 10.6 Å². The van der Waals surface area contributed by atoms with Gasteiger partial charge in [0.25, 0.3) is 11.8 Å². The van der Waals surface area contributed by atoms with Crippen molar-refractivity contribution in [3.05, 3.63) is 65.2 Å². The predicted molar refractivity (Wildman–Crippen MR) is 95.8 cm³/mol. The van der Waals surface area contributed by atoms with E-state index in [4.69, 9.17) is 4.74 Å². The van der Waals surface area contributed by atoms with E-state index in [0.717, 1.165) is 5.56 Å². The zero-order valence-electron chi connectivity index (χ0n) is 14.3. The van der Waals surface area contributed by atoms with E-state index in [1.54, 1.807) is 42.5 Å². The Morgan fingerprint density at radius 3 is 2.44 bits per heavy atom. The van der Waals surface area contributed by atoms with Gasteiger partial charge in [-0.1, -0.05) is 24.3 Å². The second-order valence-corrected chi connectivity index (χ2v) is 5.66. The Bertz CT molecular complexity index is 731. The Labute approximate surface area is 146 Å². The Balaban J connectivity index is 2.14. The minimum atomic E-state index is -0.485. The molecule has 0 fully saturated rings. The van der Waals surface area contributed by atoms with Gasteiger partial charge in [0.1, 0.15) is 0 Å². The van der Waals surface area contributed by atoms with Gasteiger partial charge in [0, 0.05) is 23.9 Å². The lowest BCUT2D eigenvalue weighted by Gasteiger charge is -2.16. The summed E-state index contributed by atoms with van der Waals surface area (Å²) >= 11 is 0. The third-order valence-electron chi connectivity index (χ3n) is 3.71. The maximum absolute atomic E-state index is 12.3. The molecule has 0 saturated carbocycles. The van der Waals surface area contributed by atoms with Gasteiger partial charge >= 0.3 is 0 Å². The van der Waals surface area contributed by atoms with Crippen LogP contribution in [-0.4, -0.2) is 43.3 Å². The first-order chi connectivity index (χ1) is 12.0. The van der Waals surface area contributed by atoms with Crippen molar-refractivity contribution >= 4 is 17.5 Å². The van der Waals surface area contributed by atoms with Gasteiger partial charge < -0.3 is 20.5 Å². The van der Waals surface area contributed by atoms with Crippen LogP contribution in [0.25, 0.3) is 0 Å². The van der Waals surface area contributed by atoms with Crippen molar-refractivity contribution in [2.24, 2.45) is 0 Å². The van der Waals surface area contributed by atoms with Crippen LogP contribution >= 0.6 is 0 Å². The quantitative estimate of drug-likeness (QED) is 0.718. The SMILES string of the molecule is COCC(CO)NC(=O)c1ccc(C)c(NC(=O)c2ccccc2)c1. The molecule has 0 aliphatic rings. The summed E-state index contributed by atoms with van der Waals surface area (Å²) in [6.45, 7) is 1.85. The fourth-order valence-corrected chi connectivity index (χ4v) is 2.29. The van der Waals surface area contributed by atoms with Gasteiger partial charge in [-0.3, -0.25) is 9.59 Å². The summed E-state index contributed by atoms with van der Waals surface area (Å²) in [7, 11) is 1.50. The van der Waals surface area contributed by atoms with Crippen LogP contribution in [0.1, 0.15) is 26.3 Å². The van der Waals surface area contributed by atoms with Crippen molar-refractivity contribution in [2.75, 3.05) is 25.6 Å². The third-order valence-corrected chi connectivity index (χ3v) is 3.71. The minimum Gasteiger partial charge on any atom is -0.394 e. The second kappa shape index (κ2) is 8.96. The van der Waals surface area contributed by atoms with Gasteiger partial charge in [-0.25, -0.2) is 0 Å². The number of hydrogen-bond donors (Lipinski definition) is 3. The molecule has 0 radical (unpaired) electrons. The Morgan fingerprint density at radius 2 is 1.80 bits per heavy atom. The van der Waals surface area contributed by atoms with E-state index in [-0.39, 0.29) is 25.0 Å². The summed E-state index contributed by atoms with van der Waals surface area (Å²) in [4.78, 5) is 24.6. The number of carbonyl (C=O) groups is 2. The van der Waals surface area contributed by atoms with E-state index >= 15 is 0 Å². The maximum Gasteiger partial charge on any atom is 0.255 e. The molecule has 2 aromatic carbocycles. The Morgan fingerprint density at radius 1 is 1.08 bits per heavy atom. The standard InChI is InChI=1S/C19H22N2O4/c1-13-8-9-15(19(24)20-16(11-22)12-25-2)10-17(13)21-18(23)14-6-4-3-5-7-14/h3-10,16,22H,11-12H2,1-2H3,(H,20,24)(H,21,23). The van der Waals surface area contributed by atoms with Crippen LogP contribution in [0, 0.1) is 6.92 Å². The molecule has 3 N–H and O–H groups in total. The number of aryl methyl sites for hydroxylation is 1. The van der Waals surface area contributed by atoms with Gasteiger partial charge in [0.05, 0.1) is 19.3 Å². The Hall–Kier alpha value is -2.70. The number of rotatable bonds is 7. The highest BCUT2D eigenvalue weighted by Gasteiger charge is 2.15. The number of nitrogens with one attached hydrogen (secondary N) is 2. The highest BCUT2D eigenvalue weighted by Crippen LogP contribution is 2.18. The van der Waals surface area contributed by atoms with Gasteiger partial charge in [-0.05, 0) is 36.8 Å². The first kappa shape index (κ1) is 18.6. The molecule has 0 bridgehead atoms. The molecule has 0 heterocycles. The van der Waals surface area contributed by atoms with E-state index in [1.165, 1.54) is 7.11 Å². The molecule has 2 amide bonds. The normalized spacial score (nSPS) is 11.6. The largest absolute Gasteiger partial charge is 0.394 e. The number of carbonyl (C=O) groups excluding carboxylic acids is 2. The van der Waals surface area contributed by atoms with Crippen LogP contribution in [0.5, 0.6) is 0 Å². The smallest absolute Gasteiger partial charge is 0.255 e. The predicted octanol–water partition coefficient (Wildman–Crippen LogP) is 1.98. The fraction of sp³-hybridized carbons (Fsp3) is 0.263. The third kappa shape index (κ3) is 5.14. The molecule has 0 saturated heterocycles. The number of amides is 2. The second-order valence-electron chi connectivity index (χ2n) is 5.66. The summed E-state index contributed by atoms with van der Waals surface area (Å²) in [5, 5.41) is 14.8. The molecular weight excluding hydrogens is 320 g/mol. The van der Waals surface area contributed by atoms with Gasteiger partial charge in [0.2, 0.25) is 0 Å². The van der Waals surface area contributed by atoms with E-state index < -0.39 is 6.04 Å². The van der Waals surface area contributed by atoms with Crippen LogP contribution in [0.2, 0.25) is 0 Å². The molecule has 2 aromatic rings. The number of aliphatic hydroxyl groups is 1. The molecule has 1 unspecified atom stereocenters. The van der Waals surface area contributed by atoms with Gasteiger partial charge in [0.15, 0.2) is 0 Å². The molecule has 0 aliphatic heterocycles. The number of aliphatic hydroxyl groups excluding tert-OH is 1. The number of anilines is 1. The average molecular weight is 342 g/mol. The summed E-state index contributed by atoms with van der Waals surface area (Å²) in [5.41, 5.74) is 2.34. The van der Waals surface area contributed by atoms with Crippen molar-refractivity contribution < 1.29 is 19.4 Å². The lowest BCUT2D eigenvalue weighted by atomic mass is 10.1. The molecule has 132 valence electrons. The zero-order chi connectivity index (χ0) is 18.2. The van der Waals surface area contributed by atoms with Crippen LogP contribution < -0.4 is 10.6 Å². The van der Waals surface area contributed by atoms with Crippen LogP contribution in [0.4, 0.5) is 5.69 Å². The summed E-state index contributed by atoms with van der Waals surface area (Å²) < 4.78 is 4.94. The molecule has 6 heteroatoms. The summed E-state index contributed by atoms with van der Waals surface area (Å²) in [6, 6.07) is 13.4. The lowest BCUT2D eigenvalue weighted by molar-refractivity contribution is 0.0839. The average Bonchev–Trinajstić information content (AvgIpc) is 2.63. The van der Waals surface area contributed by atoms with Crippen LogP contribution in [0.15, 0.2) is 48.5 Å². The van der Waals surface area contributed by atoms with E-state index in [0.29, 0.717) is 16.8 Å². The number of ether oxygens (including phenoxy) is 1. The molecule has 25 heavy (non-hydrogen) atoms. The molecule has 0 spiro atoms.